The van der Waals surface area contributed by atoms with Crippen molar-refractivity contribution in [2.45, 2.75) is 31.8 Å². The van der Waals surface area contributed by atoms with E-state index in [1.807, 2.05) is 0 Å². The van der Waals surface area contributed by atoms with Crippen LogP contribution in [0.1, 0.15) is 25.7 Å². The highest BCUT2D eigenvalue weighted by Crippen LogP contribution is 2.29. The Balaban J connectivity index is 1.78. The molecule has 4 nitrogen and oxygen atoms in total. The second-order valence-electron chi connectivity index (χ2n) is 4.52. The Kier molecular flexibility index (Phi) is 3.59. The Labute approximate surface area is 90.2 Å². The third kappa shape index (κ3) is 2.92. The summed E-state index contributed by atoms with van der Waals surface area (Å²) in [5.41, 5.74) is 0. The number of ether oxygens (including phenoxy) is 1. The summed E-state index contributed by atoms with van der Waals surface area (Å²) >= 11 is 0. The Hall–Kier alpha value is -0.610. The molecule has 15 heavy (non-hydrogen) atoms. The second-order valence-corrected chi connectivity index (χ2v) is 4.52. The number of nitrogens with zero attached hydrogens (tertiary/aromatic N) is 1. The summed E-state index contributed by atoms with van der Waals surface area (Å²) in [6.45, 7) is 3.89. The quantitative estimate of drug-likeness (QED) is 0.755. The molecule has 1 atom stereocenters. The van der Waals surface area contributed by atoms with Crippen LogP contribution in [-0.4, -0.2) is 48.3 Å². The van der Waals surface area contributed by atoms with Crippen LogP contribution in [0.4, 0.5) is 0 Å². The number of fused-ring (bicyclic) bond motifs is 4. The standard InChI is InChI=1S/C11H19NO3/c13-11(14)4-8-15-10-3-7-12-5-1-9(10)2-6-12/h9-10H,1-8H2,(H,13,14). The van der Waals surface area contributed by atoms with Crippen molar-refractivity contribution in [1.29, 1.82) is 0 Å². The first-order valence-corrected chi connectivity index (χ1v) is 5.81. The summed E-state index contributed by atoms with van der Waals surface area (Å²) in [7, 11) is 0. The van der Waals surface area contributed by atoms with Crippen LogP contribution in [0.2, 0.25) is 0 Å². The minimum atomic E-state index is -0.767. The molecule has 86 valence electrons. The number of hydrogen-bond donors (Lipinski definition) is 1. The summed E-state index contributed by atoms with van der Waals surface area (Å²) in [6.07, 6.45) is 3.95. The molecule has 0 aliphatic carbocycles. The minimum Gasteiger partial charge on any atom is -0.481 e. The SMILES string of the molecule is O=C(O)CCOC1CCN2CCC1CC2. The molecular formula is C11H19NO3. The zero-order valence-corrected chi connectivity index (χ0v) is 9.02. The van der Waals surface area contributed by atoms with E-state index in [4.69, 9.17) is 9.84 Å². The van der Waals surface area contributed by atoms with Crippen molar-refractivity contribution in [2.75, 3.05) is 26.2 Å². The molecule has 0 aromatic heterocycles. The lowest BCUT2D eigenvalue weighted by atomic mass is 9.93. The van der Waals surface area contributed by atoms with Gasteiger partial charge in [0.1, 0.15) is 0 Å². The summed E-state index contributed by atoms with van der Waals surface area (Å²) < 4.78 is 5.70. The average molecular weight is 213 g/mol. The van der Waals surface area contributed by atoms with Crippen LogP contribution in [0, 0.1) is 5.92 Å². The van der Waals surface area contributed by atoms with E-state index >= 15 is 0 Å². The van der Waals surface area contributed by atoms with Crippen molar-refractivity contribution < 1.29 is 14.6 Å². The predicted octanol–water partition coefficient (Wildman–Crippen LogP) is 0.962. The van der Waals surface area contributed by atoms with Crippen LogP contribution in [-0.2, 0) is 9.53 Å². The van der Waals surface area contributed by atoms with Gasteiger partial charge in [-0.3, -0.25) is 4.79 Å². The van der Waals surface area contributed by atoms with Crippen molar-refractivity contribution in [2.24, 2.45) is 5.92 Å². The molecular weight excluding hydrogens is 194 g/mol. The highest BCUT2D eigenvalue weighted by Gasteiger charge is 2.31. The van der Waals surface area contributed by atoms with Crippen LogP contribution in [0.5, 0.6) is 0 Å². The minimum absolute atomic E-state index is 0.132. The monoisotopic (exact) mass is 213 g/mol. The van der Waals surface area contributed by atoms with Crippen molar-refractivity contribution in [3.63, 3.8) is 0 Å². The van der Waals surface area contributed by atoms with Gasteiger partial charge in [-0.2, -0.15) is 0 Å². The molecule has 2 bridgehead atoms. The van der Waals surface area contributed by atoms with Gasteiger partial charge < -0.3 is 14.7 Å². The van der Waals surface area contributed by atoms with Crippen LogP contribution in [0.3, 0.4) is 0 Å². The zero-order chi connectivity index (χ0) is 10.7. The van der Waals surface area contributed by atoms with Gasteiger partial charge in [-0.1, -0.05) is 0 Å². The smallest absolute Gasteiger partial charge is 0.305 e. The molecule has 4 heteroatoms. The fourth-order valence-electron chi connectivity index (χ4n) is 2.61. The summed E-state index contributed by atoms with van der Waals surface area (Å²) in [4.78, 5) is 12.9. The van der Waals surface area contributed by atoms with Crippen LogP contribution in [0.15, 0.2) is 0 Å². The van der Waals surface area contributed by atoms with E-state index in [1.54, 1.807) is 0 Å². The molecule has 0 aromatic rings. The highest BCUT2D eigenvalue weighted by atomic mass is 16.5. The molecule has 1 N–H and O–H groups in total. The lowest BCUT2D eigenvalue weighted by Gasteiger charge is -2.28. The number of carbonyl (C=O) groups is 1. The van der Waals surface area contributed by atoms with E-state index < -0.39 is 5.97 Å². The summed E-state index contributed by atoms with van der Waals surface area (Å²) in [5.74, 6) is -0.103. The number of piperidine rings is 1. The molecule has 1 unspecified atom stereocenters. The number of carboxylic acids is 1. The number of aliphatic carboxylic acids is 1. The van der Waals surface area contributed by atoms with Gasteiger partial charge in [-0.25, -0.2) is 0 Å². The third-order valence-electron chi connectivity index (χ3n) is 3.54. The Morgan fingerprint density at radius 3 is 2.60 bits per heavy atom. The van der Waals surface area contributed by atoms with Crippen molar-refractivity contribution in [1.82, 2.24) is 4.90 Å². The number of rotatable bonds is 4. The van der Waals surface area contributed by atoms with Gasteiger partial charge in [0.15, 0.2) is 0 Å². The molecule has 3 heterocycles. The maximum atomic E-state index is 10.4. The van der Waals surface area contributed by atoms with E-state index in [-0.39, 0.29) is 6.42 Å². The molecule has 0 aromatic carbocycles. The molecule has 0 spiro atoms. The number of carboxylic acid groups (broad SMARTS) is 1. The van der Waals surface area contributed by atoms with E-state index in [1.165, 1.54) is 25.9 Å². The van der Waals surface area contributed by atoms with E-state index in [0.29, 0.717) is 18.6 Å². The van der Waals surface area contributed by atoms with Gasteiger partial charge in [-0.05, 0) is 38.3 Å². The van der Waals surface area contributed by atoms with Crippen molar-refractivity contribution >= 4 is 5.97 Å². The van der Waals surface area contributed by atoms with E-state index in [9.17, 15) is 4.79 Å². The van der Waals surface area contributed by atoms with Gasteiger partial charge in [0.2, 0.25) is 0 Å². The molecule has 3 saturated heterocycles. The third-order valence-corrected chi connectivity index (χ3v) is 3.54. The lowest BCUT2D eigenvalue weighted by Crippen LogP contribution is -2.32. The Bertz CT molecular complexity index is 224. The van der Waals surface area contributed by atoms with Crippen LogP contribution >= 0.6 is 0 Å². The summed E-state index contributed by atoms with van der Waals surface area (Å²) in [6, 6.07) is 0. The molecule has 0 radical (unpaired) electrons. The van der Waals surface area contributed by atoms with E-state index in [2.05, 4.69) is 4.90 Å². The fourth-order valence-corrected chi connectivity index (χ4v) is 2.61. The second kappa shape index (κ2) is 4.94. The first-order chi connectivity index (χ1) is 7.25. The number of hydrogen-bond acceptors (Lipinski definition) is 3. The highest BCUT2D eigenvalue weighted by molar-refractivity contribution is 5.66. The molecule has 0 amide bonds. The van der Waals surface area contributed by atoms with Crippen molar-refractivity contribution in [3.8, 4) is 0 Å². The lowest BCUT2D eigenvalue weighted by molar-refractivity contribution is -0.139. The zero-order valence-electron chi connectivity index (χ0n) is 9.02. The van der Waals surface area contributed by atoms with E-state index in [0.717, 1.165) is 13.0 Å². The Morgan fingerprint density at radius 1 is 1.27 bits per heavy atom. The normalized spacial score (nSPS) is 35.1. The molecule has 3 aliphatic heterocycles. The fraction of sp³-hybridized carbons (Fsp3) is 0.909. The van der Waals surface area contributed by atoms with Gasteiger partial charge >= 0.3 is 5.97 Å². The first-order valence-electron chi connectivity index (χ1n) is 5.81. The molecule has 3 fully saturated rings. The Morgan fingerprint density at radius 2 is 1.93 bits per heavy atom. The molecule has 3 rings (SSSR count). The maximum absolute atomic E-state index is 10.4. The van der Waals surface area contributed by atoms with Gasteiger partial charge in [0.25, 0.3) is 0 Å². The average Bonchev–Trinajstić information content (AvgIpc) is 2.52. The van der Waals surface area contributed by atoms with Crippen LogP contribution < -0.4 is 0 Å². The predicted molar refractivity (Wildman–Crippen MR) is 55.8 cm³/mol. The molecule has 3 aliphatic rings. The van der Waals surface area contributed by atoms with Gasteiger partial charge in [0, 0.05) is 6.54 Å². The molecule has 0 saturated carbocycles. The topological polar surface area (TPSA) is 49.8 Å². The maximum Gasteiger partial charge on any atom is 0.305 e. The van der Waals surface area contributed by atoms with Crippen LogP contribution in [0.25, 0.3) is 0 Å². The van der Waals surface area contributed by atoms with Gasteiger partial charge in [0.05, 0.1) is 19.1 Å². The summed E-state index contributed by atoms with van der Waals surface area (Å²) in [5, 5.41) is 8.54. The van der Waals surface area contributed by atoms with Gasteiger partial charge in [-0.15, -0.1) is 0 Å². The largest absolute Gasteiger partial charge is 0.481 e. The first kappa shape index (κ1) is 10.9. The van der Waals surface area contributed by atoms with Crippen molar-refractivity contribution in [3.05, 3.63) is 0 Å².